The second-order valence-corrected chi connectivity index (χ2v) is 0.941. The largest absolute Gasteiger partial charge is 0.848 e. The maximum absolute atomic E-state index is 9.66. The lowest BCUT2D eigenvalue weighted by Crippen LogP contribution is -2.17. The molecule has 0 amide bonds. The van der Waals surface area contributed by atoms with E-state index >= 15 is 0 Å². The monoisotopic (exact) mass is 95.0 g/mol. The van der Waals surface area contributed by atoms with E-state index in [4.69, 9.17) is 11.8 Å². The summed E-state index contributed by atoms with van der Waals surface area (Å²) in [5.41, 5.74) is 0. The Morgan fingerprint density at radius 1 is 2.00 bits per heavy atom. The average molecular weight is 95.1 g/mol. The van der Waals surface area contributed by atoms with Gasteiger partial charge in [-0.25, -0.2) is 6.57 Å². The van der Waals surface area contributed by atoms with Crippen molar-refractivity contribution in [1.29, 1.82) is 5.26 Å². The lowest BCUT2D eigenvalue weighted by Gasteiger charge is -1.94. The third-order valence-electron chi connectivity index (χ3n) is 0.463. The maximum atomic E-state index is 9.66. The van der Waals surface area contributed by atoms with Gasteiger partial charge in [0.05, 0.1) is 0 Å². The van der Waals surface area contributed by atoms with E-state index in [9.17, 15) is 5.11 Å². The molecule has 0 saturated carbocycles. The fraction of sp³-hybridized carbons (Fsp3) is 0.500. The second-order valence-electron chi connectivity index (χ2n) is 0.941. The molecule has 1 unspecified atom stereocenters. The molecular weight excluding hydrogens is 92.1 g/mol. The lowest BCUT2D eigenvalue weighted by molar-refractivity contribution is -0.366. The number of hydrogen-bond donors (Lipinski definition) is 0. The minimum Gasteiger partial charge on any atom is -0.848 e. The summed E-state index contributed by atoms with van der Waals surface area (Å²) in [4.78, 5) is 2.70. The molecule has 0 aliphatic rings. The Kier molecular flexibility index (Phi) is 2.67. The van der Waals surface area contributed by atoms with Crippen LogP contribution in [0.4, 0.5) is 0 Å². The van der Waals surface area contributed by atoms with Crippen molar-refractivity contribution < 1.29 is 5.11 Å². The number of rotatable bonds is 1. The molecule has 0 bridgehead atoms. The molecule has 0 aliphatic carbocycles. The lowest BCUT2D eigenvalue weighted by atomic mass is 10.4. The van der Waals surface area contributed by atoms with E-state index in [1.807, 2.05) is 0 Å². The molecule has 0 fully saturated rings. The third kappa shape index (κ3) is 1.75. The normalized spacial score (nSPS) is 11.3. The first kappa shape index (κ1) is 5.94. The smallest absolute Gasteiger partial charge is 0.292 e. The van der Waals surface area contributed by atoms with Gasteiger partial charge < -0.3 is 5.11 Å². The summed E-state index contributed by atoms with van der Waals surface area (Å²) in [6.07, 6.45) is 0. The van der Waals surface area contributed by atoms with E-state index in [0.717, 1.165) is 0 Å². The van der Waals surface area contributed by atoms with Crippen LogP contribution in [0, 0.1) is 17.9 Å². The fourth-order valence-corrected chi connectivity index (χ4v) is 0.103. The van der Waals surface area contributed by atoms with Crippen LogP contribution in [0.3, 0.4) is 0 Å². The highest BCUT2D eigenvalue weighted by atomic mass is 16.3. The minimum absolute atomic E-state index is 0.611. The van der Waals surface area contributed by atoms with Crippen molar-refractivity contribution in [1.82, 2.24) is 0 Å². The summed E-state index contributed by atoms with van der Waals surface area (Å²) in [6.45, 7) is 5.55. The molecule has 36 valence electrons. The first-order chi connectivity index (χ1) is 3.35. The zero-order chi connectivity index (χ0) is 5.70. The molecule has 3 heteroatoms. The second kappa shape index (κ2) is 3.14. The molecule has 0 radical (unpaired) electrons. The van der Waals surface area contributed by atoms with Gasteiger partial charge in [-0.1, -0.05) is 0 Å². The van der Waals surface area contributed by atoms with Crippen molar-refractivity contribution in [3.63, 3.8) is 0 Å². The SMILES string of the molecule is [C-]#[N+]C(C#N)C[O-]. The van der Waals surface area contributed by atoms with Crippen molar-refractivity contribution in [2.45, 2.75) is 6.04 Å². The van der Waals surface area contributed by atoms with Crippen LogP contribution in [0.1, 0.15) is 0 Å². The molecule has 0 aromatic heterocycles. The highest BCUT2D eigenvalue weighted by Gasteiger charge is 1.97. The number of hydrogen-bond acceptors (Lipinski definition) is 2. The highest BCUT2D eigenvalue weighted by molar-refractivity contribution is 4.97. The van der Waals surface area contributed by atoms with Gasteiger partial charge in [-0.15, -0.1) is 0 Å². The van der Waals surface area contributed by atoms with Gasteiger partial charge in [-0.2, -0.15) is 5.26 Å². The maximum Gasteiger partial charge on any atom is 0.292 e. The van der Waals surface area contributed by atoms with Crippen molar-refractivity contribution in [2.75, 3.05) is 6.61 Å². The molecule has 0 N–H and O–H groups in total. The average Bonchev–Trinajstić information content (AvgIpc) is 1.72. The van der Waals surface area contributed by atoms with Crippen LogP contribution in [-0.2, 0) is 0 Å². The Balaban J connectivity index is 3.50. The molecule has 0 spiro atoms. The Morgan fingerprint density at radius 2 is 2.57 bits per heavy atom. The van der Waals surface area contributed by atoms with Gasteiger partial charge in [0.1, 0.15) is 0 Å². The Hall–Kier alpha value is -1.06. The van der Waals surface area contributed by atoms with Crippen LogP contribution in [0.25, 0.3) is 4.85 Å². The summed E-state index contributed by atoms with van der Waals surface area (Å²) >= 11 is 0. The fourth-order valence-electron chi connectivity index (χ4n) is 0.103. The van der Waals surface area contributed by atoms with Gasteiger partial charge in [-0.3, -0.25) is 4.85 Å². The van der Waals surface area contributed by atoms with Crippen LogP contribution in [0.5, 0.6) is 0 Å². The predicted octanol–water partition coefficient (Wildman–Crippen LogP) is -0.842. The quantitative estimate of drug-likeness (QED) is 0.398. The van der Waals surface area contributed by atoms with Crippen molar-refractivity contribution >= 4 is 0 Å². The molecule has 1 atom stereocenters. The van der Waals surface area contributed by atoms with Crippen molar-refractivity contribution in [3.8, 4) is 6.07 Å². The van der Waals surface area contributed by atoms with Gasteiger partial charge >= 0.3 is 0 Å². The van der Waals surface area contributed by atoms with Crippen molar-refractivity contribution in [3.05, 3.63) is 11.4 Å². The number of nitriles is 1. The summed E-state index contributed by atoms with van der Waals surface area (Å²) in [6, 6.07) is 0.562. The summed E-state index contributed by atoms with van der Waals surface area (Å²) in [5, 5.41) is 17.5. The molecule has 0 aliphatic heterocycles. The molecule has 3 nitrogen and oxygen atoms in total. The van der Waals surface area contributed by atoms with Gasteiger partial charge in [0.25, 0.3) is 6.04 Å². The summed E-state index contributed by atoms with van der Waals surface area (Å²) in [5.74, 6) is 0. The Labute approximate surface area is 41.6 Å². The molecule has 0 saturated heterocycles. The van der Waals surface area contributed by atoms with Crippen LogP contribution in [0.15, 0.2) is 0 Å². The van der Waals surface area contributed by atoms with Crippen LogP contribution in [-0.4, -0.2) is 12.6 Å². The minimum atomic E-state index is -0.972. The van der Waals surface area contributed by atoms with Crippen LogP contribution >= 0.6 is 0 Å². The van der Waals surface area contributed by atoms with Gasteiger partial charge in [0.2, 0.25) is 0 Å². The molecule has 0 aromatic rings. The zero-order valence-electron chi connectivity index (χ0n) is 3.59. The summed E-state index contributed by atoms with van der Waals surface area (Å²) < 4.78 is 0. The van der Waals surface area contributed by atoms with Crippen LogP contribution in [0.2, 0.25) is 0 Å². The van der Waals surface area contributed by atoms with Gasteiger partial charge in [-0.05, 0) is 6.61 Å². The topological polar surface area (TPSA) is 51.2 Å². The molecule has 7 heavy (non-hydrogen) atoms. The van der Waals surface area contributed by atoms with E-state index < -0.39 is 12.6 Å². The third-order valence-corrected chi connectivity index (χ3v) is 0.463. The highest BCUT2D eigenvalue weighted by Crippen LogP contribution is 1.79. The molecule has 0 heterocycles. The summed E-state index contributed by atoms with van der Waals surface area (Å²) in [7, 11) is 0. The first-order valence-electron chi connectivity index (χ1n) is 1.69. The van der Waals surface area contributed by atoms with Crippen LogP contribution < -0.4 is 5.11 Å². The Bertz CT molecular complexity index is 105. The Morgan fingerprint density at radius 3 is 2.57 bits per heavy atom. The molecular formula is C4H3N2O-. The van der Waals surface area contributed by atoms with E-state index in [2.05, 4.69) is 4.85 Å². The van der Waals surface area contributed by atoms with E-state index in [0.29, 0.717) is 0 Å². The first-order valence-corrected chi connectivity index (χ1v) is 1.69. The van der Waals surface area contributed by atoms with Crippen molar-refractivity contribution in [2.24, 2.45) is 0 Å². The molecule has 0 aromatic carbocycles. The van der Waals surface area contributed by atoms with E-state index in [-0.39, 0.29) is 0 Å². The van der Waals surface area contributed by atoms with Gasteiger partial charge in [0, 0.05) is 0 Å². The zero-order valence-corrected chi connectivity index (χ0v) is 3.59. The van der Waals surface area contributed by atoms with E-state index in [1.54, 1.807) is 0 Å². The van der Waals surface area contributed by atoms with E-state index in [1.165, 1.54) is 6.07 Å². The predicted molar refractivity (Wildman–Crippen MR) is 20.9 cm³/mol. The number of nitrogens with zero attached hydrogens (tertiary/aromatic N) is 2. The standard InChI is InChI=1S/C4H3N2O/c1-6-4(2-5)3-7/h4H,3H2/q-1. The molecule has 0 rings (SSSR count). The van der Waals surface area contributed by atoms with Gasteiger partial charge in [0.15, 0.2) is 6.07 Å².